The first-order valence-electron chi connectivity index (χ1n) is 10.1. The molecular formula is C25H20Cl3N3O2. The third kappa shape index (κ3) is 5.88. The molecule has 0 aliphatic carbocycles. The Bertz CT molecular complexity index is 1290. The lowest BCUT2D eigenvalue weighted by atomic mass is 10.1. The van der Waals surface area contributed by atoms with Crippen molar-refractivity contribution in [2.24, 2.45) is 0 Å². The van der Waals surface area contributed by atoms with E-state index in [1.165, 1.54) is 0 Å². The number of nitrogens with one attached hydrogen (secondary N) is 1. The lowest BCUT2D eigenvalue weighted by Crippen LogP contribution is -2.13. The highest BCUT2D eigenvalue weighted by Crippen LogP contribution is 2.32. The van der Waals surface area contributed by atoms with Crippen molar-refractivity contribution in [2.45, 2.75) is 20.1 Å². The fraction of sp³-hybridized carbons (Fsp3) is 0.120. The molecule has 3 aromatic carbocycles. The first-order valence-corrected chi connectivity index (χ1v) is 11.3. The van der Waals surface area contributed by atoms with Gasteiger partial charge in [-0.25, -0.2) is 0 Å². The fourth-order valence-corrected chi connectivity index (χ4v) is 3.71. The molecular weight excluding hydrogens is 481 g/mol. The molecule has 4 aromatic rings. The van der Waals surface area contributed by atoms with Crippen molar-refractivity contribution < 1.29 is 9.53 Å². The number of aromatic nitrogens is 2. The summed E-state index contributed by atoms with van der Waals surface area (Å²) < 4.78 is 7.60. The van der Waals surface area contributed by atoms with Crippen LogP contribution in [-0.4, -0.2) is 15.7 Å². The van der Waals surface area contributed by atoms with E-state index in [1.54, 1.807) is 36.4 Å². The fourth-order valence-electron chi connectivity index (χ4n) is 3.24. The average Bonchev–Trinajstić information content (AvgIpc) is 3.15. The average molecular weight is 501 g/mol. The quantitative estimate of drug-likeness (QED) is 0.296. The van der Waals surface area contributed by atoms with Crippen LogP contribution in [-0.2, 0) is 13.2 Å². The van der Waals surface area contributed by atoms with E-state index >= 15 is 0 Å². The van der Waals surface area contributed by atoms with Crippen molar-refractivity contribution in [2.75, 3.05) is 5.32 Å². The Balaban J connectivity index is 1.41. The van der Waals surface area contributed by atoms with Crippen LogP contribution in [0.3, 0.4) is 0 Å². The molecule has 0 spiro atoms. The summed E-state index contributed by atoms with van der Waals surface area (Å²) in [5.74, 6) is 0.716. The molecule has 1 heterocycles. The van der Waals surface area contributed by atoms with Gasteiger partial charge in [0, 0.05) is 22.3 Å². The smallest absolute Gasteiger partial charge is 0.256 e. The molecule has 33 heavy (non-hydrogen) atoms. The molecule has 0 saturated carbocycles. The first kappa shape index (κ1) is 23.2. The minimum Gasteiger partial charge on any atom is -0.487 e. The molecule has 0 fully saturated rings. The highest BCUT2D eigenvalue weighted by Gasteiger charge is 2.12. The van der Waals surface area contributed by atoms with E-state index in [1.807, 2.05) is 48.0 Å². The molecule has 0 unspecified atom stereocenters. The van der Waals surface area contributed by atoms with E-state index in [0.717, 1.165) is 16.8 Å². The molecule has 0 saturated heterocycles. The second-order valence-electron chi connectivity index (χ2n) is 7.45. The number of ether oxygens (including phenoxy) is 1. The Morgan fingerprint density at radius 1 is 0.970 bits per heavy atom. The van der Waals surface area contributed by atoms with Crippen molar-refractivity contribution in [3.05, 3.63) is 110 Å². The van der Waals surface area contributed by atoms with Crippen LogP contribution >= 0.6 is 34.8 Å². The van der Waals surface area contributed by atoms with Crippen molar-refractivity contribution in [1.29, 1.82) is 0 Å². The van der Waals surface area contributed by atoms with Crippen molar-refractivity contribution in [3.63, 3.8) is 0 Å². The summed E-state index contributed by atoms with van der Waals surface area (Å²) in [5, 5.41) is 8.84. The highest BCUT2D eigenvalue weighted by molar-refractivity contribution is 6.42. The van der Waals surface area contributed by atoms with Gasteiger partial charge in [-0.05, 0) is 54.4 Å². The van der Waals surface area contributed by atoms with E-state index in [2.05, 4.69) is 10.4 Å². The van der Waals surface area contributed by atoms with Gasteiger partial charge in [0.2, 0.25) is 0 Å². The van der Waals surface area contributed by atoms with Gasteiger partial charge in [0.25, 0.3) is 5.91 Å². The second kappa shape index (κ2) is 10.3. The van der Waals surface area contributed by atoms with Crippen LogP contribution in [0.5, 0.6) is 5.75 Å². The summed E-state index contributed by atoms with van der Waals surface area (Å²) in [6, 6.07) is 21.8. The van der Waals surface area contributed by atoms with Gasteiger partial charge in [0.1, 0.15) is 17.4 Å². The maximum atomic E-state index is 12.8. The Morgan fingerprint density at radius 2 is 1.73 bits per heavy atom. The highest BCUT2D eigenvalue weighted by atomic mass is 35.5. The van der Waals surface area contributed by atoms with Crippen LogP contribution < -0.4 is 10.1 Å². The normalized spacial score (nSPS) is 10.8. The van der Waals surface area contributed by atoms with Crippen LogP contribution in [0.1, 0.15) is 27.2 Å². The monoisotopic (exact) mass is 499 g/mol. The Labute approximate surface area is 206 Å². The van der Waals surface area contributed by atoms with Crippen molar-refractivity contribution in [1.82, 2.24) is 9.78 Å². The second-order valence-corrected chi connectivity index (χ2v) is 8.67. The van der Waals surface area contributed by atoms with Crippen molar-refractivity contribution in [3.8, 4) is 5.75 Å². The molecule has 8 heteroatoms. The molecule has 0 aliphatic rings. The third-order valence-electron chi connectivity index (χ3n) is 4.97. The zero-order valence-electron chi connectivity index (χ0n) is 17.7. The molecule has 4 rings (SSSR count). The minimum absolute atomic E-state index is 0.246. The predicted octanol–water partition coefficient (Wildman–Crippen LogP) is 7.03. The van der Waals surface area contributed by atoms with Crippen LogP contribution in [0.15, 0.2) is 72.8 Å². The van der Waals surface area contributed by atoms with Crippen LogP contribution in [0.4, 0.5) is 5.82 Å². The first-order chi connectivity index (χ1) is 15.9. The number of amides is 1. The number of benzene rings is 3. The number of rotatable bonds is 7. The molecule has 0 aliphatic heterocycles. The van der Waals surface area contributed by atoms with Gasteiger partial charge < -0.3 is 10.1 Å². The number of hydrogen-bond acceptors (Lipinski definition) is 3. The van der Waals surface area contributed by atoms with Gasteiger partial charge in [0.15, 0.2) is 5.82 Å². The van der Waals surface area contributed by atoms with E-state index in [9.17, 15) is 4.79 Å². The number of carbonyl (C=O) groups is 1. The van der Waals surface area contributed by atoms with Gasteiger partial charge in [-0.3, -0.25) is 9.48 Å². The Hall–Kier alpha value is -2.99. The topological polar surface area (TPSA) is 56.1 Å². The van der Waals surface area contributed by atoms with Gasteiger partial charge in [-0.1, -0.05) is 65.1 Å². The minimum atomic E-state index is -0.256. The zero-order valence-corrected chi connectivity index (χ0v) is 20.0. The number of hydrogen-bond donors (Lipinski definition) is 1. The Morgan fingerprint density at radius 3 is 2.52 bits per heavy atom. The van der Waals surface area contributed by atoms with Crippen LogP contribution in [0.25, 0.3) is 0 Å². The molecule has 1 aromatic heterocycles. The number of nitrogens with zero attached hydrogens (tertiary/aromatic N) is 2. The molecule has 1 amide bonds. The van der Waals surface area contributed by atoms with E-state index in [0.29, 0.717) is 38.7 Å². The summed E-state index contributed by atoms with van der Waals surface area (Å²) in [6.45, 7) is 2.77. The van der Waals surface area contributed by atoms with Gasteiger partial charge in [-0.2, -0.15) is 5.10 Å². The lowest BCUT2D eigenvalue weighted by Gasteiger charge is -2.10. The predicted molar refractivity (Wildman–Crippen MR) is 133 cm³/mol. The summed E-state index contributed by atoms with van der Waals surface area (Å²) in [5.41, 5.74) is 3.32. The molecule has 1 N–H and O–H groups in total. The standard InChI is InChI=1S/C25H20Cl3N3O2/c1-16-12-23(30-31(16)14-17-8-10-20(26)11-9-17)29-25(32)19-5-2-4-18(13-19)15-33-22-7-3-6-21(27)24(22)28/h2-13H,14-15H2,1H3,(H,29,30,32). The lowest BCUT2D eigenvalue weighted by molar-refractivity contribution is 0.102. The summed E-state index contributed by atoms with van der Waals surface area (Å²) in [6.07, 6.45) is 0. The van der Waals surface area contributed by atoms with Crippen LogP contribution in [0.2, 0.25) is 15.1 Å². The SMILES string of the molecule is Cc1cc(NC(=O)c2cccc(COc3cccc(Cl)c3Cl)c2)nn1Cc1ccc(Cl)cc1. The number of aryl methyl sites for hydroxylation is 1. The molecule has 0 atom stereocenters. The van der Waals surface area contributed by atoms with E-state index in [-0.39, 0.29) is 12.5 Å². The number of carbonyl (C=O) groups excluding carboxylic acids is 1. The van der Waals surface area contributed by atoms with Gasteiger partial charge >= 0.3 is 0 Å². The number of halogens is 3. The van der Waals surface area contributed by atoms with E-state index < -0.39 is 0 Å². The van der Waals surface area contributed by atoms with E-state index in [4.69, 9.17) is 39.5 Å². The zero-order chi connectivity index (χ0) is 23.4. The number of anilines is 1. The van der Waals surface area contributed by atoms with Gasteiger partial charge in [0.05, 0.1) is 11.6 Å². The Kier molecular flexibility index (Phi) is 7.23. The maximum absolute atomic E-state index is 12.8. The summed E-state index contributed by atoms with van der Waals surface area (Å²) >= 11 is 18.1. The largest absolute Gasteiger partial charge is 0.487 e. The summed E-state index contributed by atoms with van der Waals surface area (Å²) in [7, 11) is 0. The molecule has 168 valence electrons. The molecule has 0 bridgehead atoms. The van der Waals surface area contributed by atoms with Crippen molar-refractivity contribution >= 4 is 46.5 Å². The molecule has 5 nitrogen and oxygen atoms in total. The third-order valence-corrected chi connectivity index (χ3v) is 6.02. The van der Waals surface area contributed by atoms with Crippen LogP contribution in [0, 0.1) is 6.92 Å². The maximum Gasteiger partial charge on any atom is 0.256 e. The van der Waals surface area contributed by atoms with Gasteiger partial charge in [-0.15, -0.1) is 0 Å². The summed E-state index contributed by atoms with van der Waals surface area (Å²) in [4.78, 5) is 12.8. The molecule has 0 radical (unpaired) electrons.